The van der Waals surface area contributed by atoms with E-state index in [1.165, 1.54) is 4.31 Å². The second kappa shape index (κ2) is 8.97. The third-order valence-corrected chi connectivity index (χ3v) is 7.11. The van der Waals surface area contributed by atoms with E-state index in [2.05, 4.69) is 5.32 Å². The molecule has 29 heavy (non-hydrogen) atoms. The van der Waals surface area contributed by atoms with Crippen molar-refractivity contribution in [2.24, 2.45) is 5.92 Å². The van der Waals surface area contributed by atoms with Gasteiger partial charge < -0.3 is 10.1 Å². The third-order valence-electron chi connectivity index (χ3n) is 5.26. The van der Waals surface area contributed by atoms with Gasteiger partial charge in [-0.05, 0) is 49.9 Å². The summed E-state index contributed by atoms with van der Waals surface area (Å²) in [7, 11) is -1.83. The molecule has 7 heteroatoms. The first-order valence-corrected chi connectivity index (χ1v) is 11.4. The number of carbonyl (C=O) groups excluding carboxylic acids is 1. The fourth-order valence-corrected chi connectivity index (χ4v) is 5.20. The van der Waals surface area contributed by atoms with Gasteiger partial charge in [0.15, 0.2) is 0 Å². The predicted octanol–water partition coefficient (Wildman–Crippen LogP) is 3.49. The molecule has 2 aromatic rings. The number of ether oxygens (including phenoxy) is 1. The molecule has 1 aliphatic rings. The highest BCUT2D eigenvalue weighted by atomic mass is 32.2. The van der Waals surface area contributed by atoms with Crippen molar-refractivity contribution in [3.63, 3.8) is 0 Å². The van der Waals surface area contributed by atoms with E-state index in [9.17, 15) is 13.2 Å². The van der Waals surface area contributed by atoms with Crippen LogP contribution in [0.5, 0.6) is 5.75 Å². The minimum Gasteiger partial charge on any atom is -0.495 e. The number of rotatable bonds is 6. The van der Waals surface area contributed by atoms with Crippen LogP contribution in [-0.4, -0.2) is 38.8 Å². The van der Waals surface area contributed by atoms with Gasteiger partial charge in [-0.1, -0.05) is 35.9 Å². The molecule has 0 aliphatic carbocycles. The van der Waals surface area contributed by atoms with Crippen LogP contribution in [0.15, 0.2) is 42.5 Å². The molecule has 1 saturated heterocycles. The summed E-state index contributed by atoms with van der Waals surface area (Å²) in [6.07, 6.45) is 1.01. The molecule has 6 nitrogen and oxygen atoms in total. The summed E-state index contributed by atoms with van der Waals surface area (Å²) in [6.45, 7) is 4.62. The Kier molecular flexibility index (Phi) is 6.59. The third kappa shape index (κ3) is 5.36. The van der Waals surface area contributed by atoms with Crippen molar-refractivity contribution in [3.05, 3.63) is 59.2 Å². The number of anilines is 1. The monoisotopic (exact) mass is 416 g/mol. The van der Waals surface area contributed by atoms with Crippen LogP contribution in [-0.2, 0) is 20.6 Å². The lowest BCUT2D eigenvalue weighted by Crippen LogP contribution is -2.41. The number of hydrogen-bond acceptors (Lipinski definition) is 4. The van der Waals surface area contributed by atoms with Crippen LogP contribution in [0, 0.1) is 19.8 Å². The first kappa shape index (κ1) is 21.3. The molecular weight excluding hydrogens is 388 g/mol. The molecule has 1 aliphatic heterocycles. The fourth-order valence-electron chi connectivity index (χ4n) is 3.65. The number of nitrogens with one attached hydrogen (secondary N) is 1. The molecule has 2 aromatic carbocycles. The van der Waals surface area contributed by atoms with E-state index in [4.69, 9.17) is 4.74 Å². The van der Waals surface area contributed by atoms with Gasteiger partial charge in [-0.25, -0.2) is 12.7 Å². The largest absolute Gasteiger partial charge is 0.495 e. The average molecular weight is 417 g/mol. The maximum atomic E-state index is 12.8. The second-order valence-corrected chi connectivity index (χ2v) is 9.58. The van der Waals surface area contributed by atoms with Crippen molar-refractivity contribution in [3.8, 4) is 5.75 Å². The van der Waals surface area contributed by atoms with E-state index in [-0.39, 0.29) is 17.6 Å². The van der Waals surface area contributed by atoms with Gasteiger partial charge in [0, 0.05) is 19.0 Å². The Balaban J connectivity index is 1.60. The highest BCUT2D eigenvalue weighted by Gasteiger charge is 2.31. The van der Waals surface area contributed by atoms with Crippen molar-refractivity contribution in [2.45, 2.75) is 32.4 Å². The van der Waals surface area contributed by atoms with Crippen molar-refractivity contribution in [1.29, 1.82) is 0 Å². The van der Waals surface area contributed by atoms with E-state index in [0.29, 0.717) is 37.4 Å². The Morgan fingerprint density at radius 2 is 1.79 bits per heavy atom. The number of hydrogen-bond donors (Lipinski definition) is 1. The smallest absolute Gasteiger partial charge is 0.227 e. The zero-order valence-corrected chi connectivity index (χ0v) is 18.0. The summed E-state index contributed by atoms with van der Waals surface area (Å²) < 4.78 is 32.3. The zero-order valence-electron chi connectivity index (χ0n) is 17.1. The summed E-state index contributed by atoms with van der Waals surface area (Å²) in [6, 6.07) is 13.2. The molecule has 0 spiro atoms. The van der Waals surface area contributed by atoms with Crippen LogP contribution in [0.1, 0.15) is 29.5 Å². The Labute approximate surface area is 172 Å². The summed E-state index contributed by atoms with van der Waals surface area (Å²) >= 11 is 0. The van der Waals surface area contributed by atoms with Crippen LogP contribution in [0.4, 0.5) is 5.69 Å². The van der Waals surface area contributed by atoms with Gasteiger partial charge in [-0.2, -0.15) is 0 Å². The summed E-state index contributed by atoms with van der Waals surface area (Å²) in [4.78, 5) is 12.7. The Morgan fingerprint density at radius 3 is 2.45 bits per heavy atom. The lowest BCUT2D eigenvalue weighted by molar-refractivity contribution is -0.120. The number of aryl methyl sites for hydroxylation is 2. The summed E-state index contributed by atoms with van der Waals surface area (Å²) in [5.74, 6) is 0.295. The Hall–Kier alpha value is -2.38. The number of benzene rings is 2. The maximum absolute atomic E-state index is 12.8. The fraction of sp³-hybridized carbons (Fsp3) is 0.409. The summed E-state index contributed by atoms with van der Waals surface area (Å²) in [5.41, 5.74) is 3.50. The van der Waals surface area contributed by atoms with Crippen LogP contribution in [0.3, 0.4) is 0 Å². The van der Waals surface area contributed by atoms with E-state index in [0.717, 1.165) is 16.7 Å². The van der Waals surface area contributed by atoms with Gasteiger partial charge in [-0.15, -0.1) is 0 Å². The molecule has 1 N–H and O–H groups in total. The van der Waals surface area contributed by atoms with Crippen molar-refractivity contribution < 1.29 is 17.9 Å². The molecule has 0 radical (unpaired) electrons. The van der Waals surface area contributed by atoms with Gasteiger partial charge in [0.25, 0.3) is 0 Å². The summed E-state index contributed by atoms with van der Waals surface area (Å²) in [5, 5.41) is 2.94. The topological polar surface area (TPSA) is 75.7 Å². The molecule has 1 amide bonds. The number of carbonyl (C=O) groups is 1. The molecule has 0 bridgehead atoms. The highest BCUT2D eigenvalue weighted by molar-refractivity contribution is 7.88. The Morgan fingerprint density at radius 1 is 1.10 bits per heavy atom. The maximum Gasteiger partial charge on any atom is 0.227 e. The number of piperidine rings is 1. The molecule has 0 unspecified atom stereocenters. The second-order valence-electron chi connectivity index (χ2n) is 7.61. The molecular formula is C22H28N2O4S. The van der Waals surface area contributed by atoms with Crippen LogP contribution in [0.25, 0.3) is 0 Å². The van der Waals surface area contributed by atoms with Crippen LogP contribution in [0.2, 0.25) is 0 Å². The standard InChI is InChI=1S/C22H28N2O4S/c1-16-5-4-6-18(13-16)15-29(26,27)24-11-9-19(10-12-24)22(25)23-20-14-17(2)7-8-21(20)28-3/h4-8,13-14,19H,9-12,15H2,1-3H3,(H,23,25). The Bertz CT molecular complexity index is 980. The highest BCUT2D eigenvalue weighted by Crippen LogP contribution is 2.28. The quantitative estimate of drug-likeness (QED) is 0.782. The molecule has 0 atom stereocenters. The van der Waals surface area contributed by atoms with E-state index >= 15 is 0 Å². The first-order valence-electron chi connectivity index (χ1n) is 9.77. The van der Waals surface area contributed by atoms with E-state index < -0.39 is 10.0 Å². The minimum absolute atomic E-state index is 0.00790. The molecule has 1 heterocycles. The van der Waals surface area contributed by atoms with Gasteiger partial charge in [-0.3, -0.25) is 4.79 Å². The number of sulfonamides is 1. The number of methoxy groups -OCH3 is 1. The van der Waals surface area contributed by atoms with Crippen molar-refractivity contribution in [2.75, 3.05) is 25.5 Å². The first-order chi connectivity index (χ1) is 13.8. The molecule has 156 valence electrons. The normalized spacial score (nSPS) is 15.8. The van der Waals surface area contributed by atoms with Gasteiger partial charge in [0.1, 0.15) is 5.75 Å². The van der Waals surface area contributed by atoms with Crippen LogP contribution >= 0.6 is 0 Å². The minimum atomic E-state index is -3.40. The molecule has 0 saturated carbocycles. The number of nitrogens with zero attached hydrogens (tertiary/aromatic N) is 1. The number of amides is 1. The SMILES string of the molecule is COc1ccc(C)cc1NC(=O)C1CCN(S(=O)(=O)Cc2cccc(C)c2)CC1. The lowest BCUT2D eigenvalue weighted by Gasteiger charge is -2.30. The zero-order chi connectivity index (χ0) is 21.0. The molecule has 1 fully saturated rings. The van der Waals surface area contributed by atoms with Gasteiger partial charge in [0.2, 0.25) is 15.9 Å². The average Bonchev–Trinajstić information content (AvgIpc) is 2.68. The van der Waals surface area contributed by atoms with Gasteiger partial charge >= 0.3 is 0 Å². The van der Waals surface area contributed by atoms with Crippen molar-refractivity contribution >= 4 is 21.6 Å². The lowest BCUT2D eigenvalue weighted by atomic mass is 9.97. The van der Waals surface area contributed by atoms with E-state index in [1.54, 1.807) is 7.11 Å². The van der Waals surface area contributed by atoms with Gasteiger partial charge in [0.05, 0.1) is 18.6 Å². The van der Waals surface area contributed by atoms with Crippen LogP contribution < -0.4 is 10.1 Å². The van der Waals surface area contributed by atoms with E-state index in [1.807, 2.05) is 56.3 Å². The molecule has 0 aromatic heterocycles. The predicted molar refractivity (Wildman–Crippen MR) is 114 cm³/mol. The molecule has 3 rings (SSSR count). The van der Waals surface area contributed by atoms with Crippen molar-refractivity contribution in [1.82, 2.24) is 4.31 Å².